The molecule has 1 unspecified atom stereocenters. The fourth-order valence-corrected chi connectivity index (χ4v) is 3.01. The third-order valence-electron chi connectivity index (χ3n) is 3.03. The molecule has 108 valence electrons. The number of benzene rings is 2. The van der Waals surface area contributed by atoms with Crippen molar-refractivity contribution in [1.29, 1.82) is 0 Å². The van der Waals surface area contributed by atoms with Gasteiger partial charge in [-0.1, -0.05) is 35.9 Å². The Morgan fingerprint density at radius 3 is 2.33 bits per heavy atom. The molecule has 0 heterocycles. The van der Waals surface area contributed by atoms with Gasteiger partial charge in [0.25, 0.3) is 5.91 Å². The first kappa shape index (κ1) is 15.1. The standard InChI is InChI=1S/C16H15NO3S/c1-12-7-9-14(10-8-12)21(2,20)17-16(19)15-6-4-3-5-13(15)11-18/h3-11H,1-2H3. The summed E-state index contributed by atoms with van der Waals surface area (Å²) in [7, 11) is -2.84. The van der Waals surface area contributed by atoms with Crippen molar-refractivity contribution in [3.63, 3.8) is 0 Å². The largest absolute Gasteiger partial charge is 0.298 e. The first-order valence-electron chi connectivity index (χ1n) is 6.31. The molecule has 5 heteroatoms. The molecule has 1 atom stereocenters. The molecule has 2 aromatic carbocycles. The highest BCUT2D eigenvalue weighted by molar-refractivity contribution is 7.93. The summed E-state index contributed by atoms with van der Waals surface area (Å²) >= 11 is 0. The van der Waals surface area contributed by atoms with Crippen LogP contribution in [0.2, 0.25) is 0 Å². The van der Waals surface area contributed by atoms with E-state index in [1.165, 1.54) is 18.4 Å². The fourth-order valence-electron chi connectivity index (χ4n) is 1.85. The highest BCUT2D eigenvalue weighted by Crippen LogP contribution is 2.15. The van der Waals surface area contributed by atoms with Crippen molar-refractivity contribution in [3.8, 4) is 0 Å². The van der Waals surface area contributed by atoms with Crippen LogP contribution < -0.4 is 0 Å². The summed E-state index contributed by atoms with van der Waals surface area (Å²) in [5.41, 5.74) is 1.44. The maximum absolute atomic E-state index is 12.6. The smallest absolute Gasteiger partial charge is 0.286 e. The van der Waals surface area contributed by atoms with E-state index in [1.807, 2.05) is 19.1 Å². The number of carbonyl (C=O) groups excluding carboxylic acids is 2. The van der Waals surface area contributed by atoms with Crippen molar-refractivity contribution in [2.24, 2.45) is 4.36 Å². The molecule has 0 bridgehead atoms. The summed E-state index contributed by atoms with van der Waals surface area (Å²) in [4.78, 5) is 23.6. The van der Waals surface area contributed by atoms with Crippen molar-refractivity contribution in [3.05, 3.63) is 65.2 Å². The summed E-state index contributed by atoms with van der Waals surface area (Å²) in [6, 6.07) is 13.3. The van der Waals surface area contributed by atoms with E-state index in [0.717, 1.165) is 5.56 Å². The highest BCUT2D eigenvalue weighted by atomic mass is 32.2. The Morgan fingerprint density at radius 2 is 1.71 bits per heavy atom. The van der Waals surface area contributed by atoms with Gasteiger partial charge in [-0.3, -0.25) is 9.59 Å². The molecule has 0 N–H and O–H groups in total. The van der Waals surface area contributed by atoms with Gasteiger partial charge in [0.1, 0.15) is 0 Å². The summed E-state index contributed by atoms with van der Waals surface area (Å²) in [6.45, 7) is 1.92. The molecule has 0 aliphatic carbocycles. The maximum Gasteiger partial charge on any atom is 0.286 e. The van der Waals surface area contributed by atoms with Gasteiger partial charge in [-0.25, -0.2) is 4.21 Å². The normalized spacial score (nSPS) is 13.2. The Balaban J connectivity index is 2.46. The third-order valence-corrected chi connectivity index (χ3v) is 4.69. The molecule has 0 fully saturated rings. The van der Waals surface area contributed by atoms with E-state index < -0.39 is 15.6 Å². The van der Waals surface area contributed by atoms with Gasteiger partial charge in [0.15, 0.2) is 6.29 Å². The summed E-state index contributed by atoms with van der Waals surface area (Å²) < 4.78 is 16.4. The van der Waals surface area contributed by atoms with Crippen LogP contribution in [0.4, 0.5) is 0 Å². The zero-order valence-electron chi connectivity index (χ0n) is 11.8. The van der Waals surface area contributed by atoms with Gasteiger partial charge in [0.05, 0.1) is 15.3 Å². The number of hydrogen-bond donors (Lipinski definition) is 0. The first-order valence-corrected chi connectivity index (χ1v) is 8.24. The van der Waals surface area contributed by atoms with Crippen LogP contribution in [0.1, 0.15) is 26.3 Å². The zero-order valence-corrected chi connectivity index (χ0v) is 12.6. The number of rotatable bonds is 3. The average molecular weight is 301 g/mol. The van der Waals surface area contributed by atoms with Crippen LogP contribution in [0.5, 0.6) is 0 Å². The lowest BCUT2D eigenvalue weighted by Gasteiger charge is -2.05. The molecule has 0 saturated carbocycles. The molecular formula is C16H15NO3S. The van der Waals surface area contributed by atoms with Crippen LogP contribution in [0, 0.1) is 6.92 Å². The number of aldehydes is 1. The Labute approximate surface area is 124 Å². The molecule has 0 aliphatic rings. The molecule has 21 heavy (non-hydrogen) atoms. The van der Waals surface area contributed by atoms with Crippen LogP contribution in [0.3, 0.4) is 0 Å². The summed E-state index contributed by atoms with van der Waals surface area (Å²) in [5, 5.41) is 0. The molecule has 0 saturated heterocycles. The third kappa shape index (κ3) is 3.44. The maximum atomic E-state index is 12.6. The van der Waals surface area contributed by atoms with Gasteiger partial charge in [-0.05, 0) is 25.1 Å². The predicted octanol–water partition coefficient (Wildman–Crippen LogP) is 3.10. The fraction of sp³-hybridized carbons (Fsp3) is 0.125. The average Bonchev–Trinajstić information content (AvgIpc) is 2.47. The minimum atomic E-state index is -2.84. The van der Waals surface area contributed by atoms with Gasteiger partial charge in [0.2, 0.25) is 0 Å². The number of hydrogen-bond acceptors (Lipinski definition) is 3. The second kappa shape index (κ2) is 6.01. The Morgan fingerprint density at radius 1 is 1.10 bits per heavy atom. The van der Waals surface area contributed by atoms with E-state index in [9.17, 15) is 13.8 Å². The quantitative estimate of drug-likeness (QED) is 0.818. The van der Waals surface area contributed by atoms with Crippen LogP contribution in [0.25, 0.3) is 0 Å². The number of aryl methyl sites for hydroxylation is 1. The van der Waals surface area contributed by atoms with Crippen molar-refractivity contribution in [2.45, 2.75) is 11.8 Å². The lowest BCUT2D eigenvalue weighted by molar-refractivity contribution is 0.0997. The lowest BCUT2D eigenvalue weighted by atomic mass is 10.1. The van der Waals surface area contributed by atoms with Crippen molar-refractivity contribution in [2.75, 3.05) is 6.26 Å². The lowest BCUT2D eigenvalue weighted by Crippen LogP contribution is -2.06. The van der Waals surface area contributed by atoms with Gasteiger partial charge in [-0.2, -0.15) is 4.36 Å². The number of nitrogens with zero attached hydrogens (tertiary/aromatic N) is 1. The van der Waals surface area contributed by atoms with Crippen LogP contribution in [-0.2, 0) is 9.73 Å². The molecule has 2 aromatic rings. The van der Waals surface area contributed by atoms with Gasteiger partial charge in [0, 0.05) is 16.7 Å². The summed E-state index contributed by atoms with van der Waals surface area (Å²) in [5.74, 6) is -0.647. The van der Waals surface area contributed by atoms with Gasteiger partial charge >= 0.3 is 0 Å². The second-order valence-electron chi connectivity index (χ2n) is 4.72. The van der Waals surface area contributed by atoms with Crippen LogP contribution >= 0.6 is 0 Å². The van der Waals surface area contributed by atoms with Crippen molar-refractivity contribution in [1.82, 2.24) is 0 Å². The number of amides is 1. The Kier molecular flexibility index (Phi) is 4.33. The molecule has 0 aliphatic heterocycles. The monoisotopic (exact) mass is 301 g/mol. The van der Waals surface area contributed by atoms with E-state index in [0.29, 0.717) is 11.2 Å². The Bertz CT molecular complexity index is 801. The Hall–Kier alpha value is -2.27. The molecule has 0 aromatic heterocycles. The zero-order chi connectivity index (χ0) is 15.5. The van der Waals surface area contributed by atoms with Crippen LogP contribution in [0.15, 0.2) is 57.8 Å². The molecule has 1 amide bonds. The minimum Gasteiger partial charge on any atom is -0.298 e. The topological polar surface area (TPSA) is 63.6 Å². The molecule has 0 spiro atoms. The number of carbonyl (C=O) groups is 2. The molecular weight excluding hydrogens is 286 g/mol. The van der Waals surface area contributed by atoms with E-state index >= 15 is 0 Å². The molecule has 4 nitrogen and oxygen atoms in total. The van der Waals surface area contributed by atoms with E-state index in [2.05, 4.69) is 4.36 Å². The van der Waals surface area contributed by atoms with Gasteiger partial charge in [-0.15, -0.1) is 0 Å². The SMILES string of the molecule is Cc1ccc(S(C)(=O)=NC(=O)c2ccccc2C=O)cc1. The van der Waals surface area contributed by atoms with E-state index in [-0.39, 0.29) is 11.1 Å². The van der Waals surface area contributed by atoms with E-state index in [1.54, 1.807) is 24.3 Å². The molecule has 0 radical (unpaired) electrons. The minimum absolute atomic E-state index is 0.161. The van der Waals surface area contributed by atoms with Gasteiger partial charge < -0.3 is 0 Å². The first-order chi connectivity index (χ1) is 9.94. The van der Waals surface area contributed by atoms with Crippen LogP contribution in [-0.4, -0.2) is 22.7 Å². The summed E-state index contributed by atoms with van der Waals surface area (Å²) in [6.07, 6.45) is 2.01. The predicted molar refractivity (Wildman–Crippen MR) is 82.1 cm³/mol. The van der Waals surface area contributed by atoms with Crippen molar-refractivity contribution >= 4 is 21.9 Å². The second-order valence-corrected chi connectivity index (χ2v) is 6.98. The van der Waals surface area contributed by atoms with E-state index in [4.69, 9.17) is 0 Å². The molecule has 2 rings (SSSR count). The highest BCUT2D eigenvalue weighted by Gasteiger charge is 2.13. The van der Waals surface area contributed by atoms with Crippen molar-refractivity contribution < 1.29 is 13.8 Å².